The van der Waals surface area contributed by atoms with Gasteiger partial charge in [-0.3, -0.25) is 24.1 Å². The van der Waals surface area contributed by atoms with Gasteiger partial charge in [-0.1, -0.05) is 66.5 Å². The predicted molar refractivity (Wildman–Crippen MR) is 200 cm³/mol. The molecule has 0 aromatic rings. The summed E-state index contributed by atoms with van der Waals surface area (Å²) in [7, 11) is 1.00. The van der Waals surface area contributed by atoms with Crippen LogP contribution in [0.25, 0.3) is 0 Å². The van der Waals surface area contributed by atoms with Crippen molar-refractivity contribution in [3.63, 3.8) is 0 Å². The lowest BCUT2D eigenvalue weighted by molar-refractivity contribution is -0.138. The Balaban J connectivity index is 0.00000132. The number of rotatable bonds is 12. The smallest absolute Gasteiger partial charge is 0.242 e. The van der Waals surface area contributed by atoms with Crippen LogP contribution in [0.3, 0.4) is 0 Å². The van der Waals surface area contributed by atoms with Crippen LogP contribution in [-0.2, 0) is 19.2 Å². The topological polar surface area (TPSA) is 136 Å². The second-order valence-electron chi connectivity index (χ2n) is 13.8. The molecule has 1 saturated heterocycles. The maximum Gasteiger partial charge on any atom is 0.242 e. The quantitative estimate of drug-likeness (QED) is 0.115. The number of nitrogens with one attached hydrogen (secondary N) is 1. The molecule has 0 aromatic heterocycles. The van der Waals surface area contributed by atoms with Gasteiger partial charge in [-0.15, -0.1) is 11.8 Å². The number of likely N-dealkylation sites (tertiary alicyclic amines) is 1. The van der Waals surface area contributed by atoms with Gasteiger partial charge in [0.1, 0.15) is 6.61 Å². The highest BCUT2D eigenvalue weighted by atomic mass is 32.2. The molecule has 0 aromatic carbocycles. The third kappa shape index (κ3) is 9.73. The van der Waals surface area contributed by atoms with Crippen LogP contribution in [0.4, 0.5) is 0 Å². The lowest BCUT2D eigenvalue weighted by Gasteiger charge is -2.57. The van der Waals surface area contributed by atoms with Crippen molar-refractivity contribution < 1.29 is 29.4 Å². The summed E-state index contributed by atoms with van der Waals surface area (Å²) in [5.41, 5.74) is 4.86. The van der Waals surface area contributed by atoms with Crippen molar-refractivity contribution in [1.29, 1.82) is 0 Å². The largest absolute Gasteiger partial charge is 0.400 e. The standard InChI is InChI=1S/C34H49N3O5S.2C2H6.CH4O/c1-4-18-43-29-20-31(41)37(32(29)42)17-7-5-6-8-30(40)36-35-23-13-15-33(2)22(19-23)9-10-24-25-11-12-27(28(39)21-38)34(25,3)16-14-26(24)33;3*1-2/h13,15,19,24-27,29,38H,4-12,14,16-18,20-21H2,1-3H3,(H,36,40);2*1-2H3;2H,1H3. The first-order valence-corrected chi connectivity index (χ1v) is 20.0. The summed E-state index contributed by atoms with van der Waals surface area (Å²) in [5, 5.41) is 20.7. The lowest BCUT2D eigenvalue weighted by atomic mass is 9.47. The van der Waals surface area contributed by atoms with Gasteiger partial charge >= 0.3 is 0 Å². The van der Waals surface area contributed by atoms with Crippen LogP contribution in [0.5, 0.6) is 0 Å². The Morgan fingerprint density at radius 1 is 1.02 bits per heavy atom. The summed E-state index contributed by atoms with van der Waals surface area (Å²) in [6, 6.07) is 0. The van der Waals surface area contributed by atoms with Crippen LogP contribution in [0.2, 0.25) is 0 Å². The van der Waals surface area contributed by atoms with Gasteiger partial charge in [0.2, 0.25) is 17.7 Å². The molecule has 5 rings (SSSR count). The summed E-state index contributed by atoms with van der Waals surface area (Å²) in [6.45, 7) is 14.8. The average molecular weight is 704 g/mol. The van der Waals surface area contributed by atoms with E-state index in [4.69, 9.17) is 5.11 Å². The summed E-state index contributed by atoms with van der Waals surface area (Å²) in [4.78, 5) is 51.1. The maximum absolute atomic E-state index is 12.5. The van der Waals surface area contributed by atoms with Gasteiger partial charge in [0.15, 0.2) is 5.78 Å². The Morgan fingerprint density at radius 2 is 1.73 bits per heavy atom. The Bertz CT molecular complexity index is 1220. The van der Waals surface area contributed by atoms with E-state index in [1.165, 1.54) is 10.5 Å². The first kappa shape index (κ1) is 42.9. The number of carbonyl (C=O) groups is 4. The van der Waals surface area contributed by atoms with E-state index < -0.39 is 0 Å². The van der Waals surface area contributed by atoms with Gasteiger partial charge in [0.05, 0.1) is 11.0 Å². The van der Waals surface area contributed by atoms with Crippen LogP contribution in [0.1, 0.15) is 126 Å². The van der Waals surface area contributed by atoms with E-state index in [9.17, 15) is 24.3 Å². The van der Waals surface area contributed by atoms with Crippen molar-refractivity contribution in [1.82, 2.24) is 10.3 Å². The minimum absolute atomic E-state index is 0.00168. The highest BCUT2D eigenvalue weighted by Gasteiger charge is 2.59. The van der Waals surface area contributed by atoms with Crippen molar-refractivity contribution in [2.75, 3.05) is 26.0 Å². The lowest BCUT2D eigenvalue weighted by Crippen LogP contribution is -2.50. The molecule has 7 unspecified atom stereocenters. The first-order valence-electron chi connectivity index (χ1n) is 18.9. The number of allylic oxidation sites excluding steroid dienone is 4. The molecule has 0 spiro atoms. The molecule has 278 valence electrons. The Kier molecular flexibility index (Phi) is 18.0. The number of Topliss-reactive ketones (excluding diaryl/α,β-unsaturated/α-hetero) is 1. The molecular formula is C39H65N3O6S. The molecule has 4 aliphatic carbocycles. The van der Waals surface area contributed by atoms with Gasteiger partial charge in [-0.05, 0) is 98.9 Å². The molecule has 4 fully saturated rings. The fourth-order valence-corrected chi connectivity index (χ4v) is 10.2. The van der Waals surface area contributed by atoms with Crippen LogP contribution in [0.15, 0.2) is 28.9 Å². The summed E-state index contributed by atoms with van der Waals surface area (Å²) in [5.74, 6) is 2.31. The zero-order valence-corrected chi connectivity index (χ0v) is 32.4. The number of hydrogen-bond acceptors (Lipinski definition) is 8. The number of amides is 3. The zero-order chi connectivity index (χ0) is 36.8. The Labute approximate surface area is 300 Å². The summed E-state index contributed by atoms with van der Waals surface area (Å²) >= 11 is 1.58. The number of ketones is 1. The zero-order valence-electron chi connectivity index (χ0n) is 31.6. The second-order valence-corrected chi connectivity index (χ2v) is 15.1. The number of imide groups is 1. The van der Waals surface area contributed by atoms with E-state index in [0.29, 0.717) is 50.0 Å². The number of aliphatic hydroxyl groups excluding tert-OH is 2. The number of nitrogens with zero attached hydrogens (tertiary/aromatic N) is 2. The molecule has 9 nitrogen and oxygen atoms in total. The van der Waals surface area contributed by atoms with Gasteiger partial charge < -0.3 is 10.2 Å². The molecule has 3 amide bonds. The fourth-order valence-electron chi connectivity index (χ4n) is 9.11. The van der Waals surface area contributed by atoms with Crippen molar-refractivity contribution in [2.24, 2.45) is 39.6 Å². The number of carbonyl (C=O) groups excluding carboxylic acids is 4. The van der Waals surface area contributed by atoms with Crippen LogP contribution < -0.4 is 5.43 Å². The van der Waals surface area contributed by atoms with E-state index in [-0.39, 0.29) is 52.1 Å². The van der Waals surface area contributed by atoms with Gasteiger partial charge in [0, 0.05) is 37.8 Å². The van der Waals surface area contributed by atoms with Crippen molar-refractivity contribution in [2.45, 2.75) is 131 Å². The average Bonchev–Trinajstić information content (AvgIpc) is 3.62. The normalized spacial score (nSPS) is 31.9. The molecule has 49 heavy (non-hydrogen) atoms. The molecule has 7 atom stereocenters. The second kappa shape index (κ2) is 20.5. The third-order valence-corrected chi connectivity index (χ3v) is 12.8. The van der Waals surface area contributed by atoms with Gasteiger partial charge in [0.25, 0.3) is 0 Å². The number of fused-ring (bicyclic) bond motifs is 5. The molecule has 5 aliphatic rings. The number of hydrogen-bond donors (Lipinski definition) is 3. The molecule has 3 saturated carbocycles. The van der Waals surface area contributed by atoms with E-state index in [1.807, 2.05) is 33.8 Å². The highest BCUT2D eigenvalue weighted by molar-refractivity contribution is 8.00. The SMILES string of the molecule is CC.CC.CCCSC1CC(=O)N(CCCCCC(=O)NN=C2C=CC3(C)C(=C2)CCC2C3CCC3(C)C(C(=O)CO)CCC23)C1=O.CO. The number of aliphatic hydroxyl groups is 2. The summed E-state index contributed by atoms with van der Waals surface area (Å²) in [6.07, 6.45) is 16.6. The van der Waals surface area contributed by atoms with Gasteiger partial charge in [-0.25, -0.2) is 5.43 Å². The number of thioether (sulfide) groups is 1. The predicted octanol–water partition coefficient (Wildman–Crippen LogP) is 6.87. The van der Waals surface area contributed by atoms with Crippen LogP contribution in [-0.4, -0.2) is 75.6 Å². The number of unbranched alkanes of at least 4 members (excludes halogenated alkanes) is 2. The van der Waals surface area contributed by atoms with Crippen LogP contribution in [0, 0.1) is 34.5 Å². The van der Waals surface area contributed by atoms with Gasteiger partial charge in [-0.2, -0.15) is 5.10 Å². The van der Waals surface area contributed by atoms with Crippen LogP contribution >= 0.6 is 11.8 Å². The Hall–Kier alpha value is -2.30. The van der Waals surface area contributed by atoms with E-state index in [0.717, 1.165) is 69.9 Å². The third-order valence-electron chi connectivity index (χ3n) is 11.4. The molecule has 0 radical (unpaired) electrons. The minimum atomic E-state index is -0.338. The summed E-state index contributed by atoms with van der Waals surface area (Å²) < 4.78 is 0. The molecular weight excluding hydrogens is 639 g/mol. The van der Waals surface area contributed by atoms with E-state index >= 15 is 0 Å². The first-order chi connectivity index (χ1) is 23.6. The van der Waals surface area contributed by atoms with Crippen molar-refractivity contribution >= 4 is 41.0 Å². The fraction of sp³-hybridized carbons (Fsp3) is 0.769. The maximum atomic E-state index is 12.5. The molecule has 3 N–H and O–H groups in total. The monoisotopic (exact) mass is 703 g/mol. The molecule has 1 aliphatic heterocycles. The number of hydrazone groups is 1. The molecule has 1 heterocycles. The molecule has 10 heteroatoms. The van der Waals surface area contributed by atoms with Crippen molar-refractivity contribution in [3.05, 3.63) is 23.8 Å². The Morgan fingerprint density at radius 3 is 2.41 bits per heavy atom. The molecule has 0 bridgehead atoms. The van der Waals surface area contributed by atoms with Crippen molar-refractivity contribution in [3.8, 4) is 0 Å². The van der Waals surface area contributed by atoms with E-state index in [1.54, 1.807) is 11.8 Å². The highest BCUT2D eigenvalue weighted by Crippen LogP contribution is 2.66. The minimum Gasteiger partial charge on any atom is -0.400 e. The van der Waals surface area contributed by atoms with E-state index in [2.05, 4.69) is 43.5 Å².